The number of hydrogen-bond donors (Lipinski definition) is 1. The zero-order chi connectivity index (χ0) is 10.1. The maximum atomic E-state index is 11.2. The minimum Gasteiger partial charge on any atom is -0.329 e. The van der Waals surface area contributed by atoms with Gasteiger partial charge in [-0.2, -0.15) is 0 Å². The Balaban J connectivity index is 2.62. The molecular weight excluding hydrogens is 236 g/mol. The molecule has 1 aliphatic heterocycles. The highest BCUT2D eigenvalue weighted by Gasteiger charge is 2.32. The maximum Gasteiger partial charge on any atom is 0.324 e. The zero-order valence-electron chi connectivity index (χ0n) is 7.76. The fraction of sp³-hybridized carbons (Fsp3) is 0.750. The summed E-state index contributed by atoms with van der Waals surface area (Å²) >= 11 is 3.35. The van der Waals surface area contributed by atoms with Gasteiger partial charge in [-0.05, 0) is 5.41 Å². The van der Waals surface area contributed by atoms with Gasteiger partial charge in [0.15, 0.2) is 0 Å². The van der Waals surface area contributed by atoms with E-state index in [-0.39, 0.29) is 23.9 Å². The molecule has 0 aromatic carbocycles. The van der Waals surface area contributed by atoms with Crippen molar-refractivity contribution in [1.29, 1.82) is 0 Å². The van der Waals surface area contributed by atoms with E-state index in [1.54, 1.807) is 0 Å². The van der Waals surface area contributed by atoms with E-state index >= 15 is 0 Å². The van der Waals surface area contributed by atoms with E-state index in [0.717, 1.165) is 5.33 Å². The van der Waals surface area contributed by atoms with Crippen molar-refractivity contribution in [3.05, 3.63) is 0 Å². The Hall–Kier alpha value is -0.580. The van der Waals surface area contributed by atoms with Crippen molar-refractivity contribution >= 4 is 27.9 Å². The van der Waals surface area contributed by atoms with Gasteiger partial charge >= 0.3 is 6.03 Å². The third-order valence-corrected chi connectivity index (χ3v) is 3.40. The van der Waals surface area contributed by atoms with Gasteiger partial charge in [-0.1, -0.05) is 29.8 Å². The fourth-order valence-corrected chi connectivity index (χ4v) is 1.26. The van der Waals surface area contributed by atoms with Crippen LogP contribution in [0.15, 0.2) is 0 Å². The maximum absolute atomic E-state index is 11.2. The smallest absolute Gasteiger partial charge is 0.324 e. The summed E-state index contributed by atoms with van der Waals surface area (Å²) in [6.45, 7) is 4.60. The topological polar surface area (TPSA) is 49.4 Å². The van der Waals surface area contributed by atoms with E-state index in [2.05, 4.69) is 21.2 Å². The largest absolute Gasteiger partial charge is 0.329 e. The molecule has 3 amide bonds. The molecule has 74 valence electrons. The van der Waals surface area contributed by atoms with Gasteiger partial charge in [-0.25, -0.2) is 4.79 Å². The molecule has 0 radical (unpaired) electrons. The van der Waals surface area contributed by atoms with Crippen LogP contribution < -0.4 is 5.32 Å². The number of nitrogens with one attached hydrogen (secondary N) is 1. The lowest BCUT2D eigenvalue weighted by atomic mass is 9.96. The molecule has 0 saturated carbocycles. The number of rotatable bonds is 3. The molecule has 0 spiro atoms. The molecule has 1 heterocycles. The Bertz CT molecular complexity index is 224. The number of halogens is 1. The first kappa shape index (κ1) is 10.5. The molecule has 0 aliphatic carbocycles. The second-order valence-electron chi connectivity index (χ2n) is 3.94. The summed E-state index contributed by atoms with van der Waals surface area (Å²) in [5.41, 5.74) is -0.0721. The molecular formula is C8H13BrN2O2. The fourth-order valence-electron chi connectivity index (χ4n) is 1.09. The van der Waals surface area contributed by atoms with Crippen molar-refractivity contribution in [2.45, 2.75) is 13.8 Å². The summed E-state index contributed by atoms with van der Waals surface area (Å²) in [5.74, 6) is -0.140. The second kappa shape index (κ2) is 3.65. The van der Waals surface area contributed by atoms with Crippen molar-refractivity contribution in [1.82, 2.24) is 10.2 Å². The van der Waals surface area contributed by atoms with Crippen molar-refractivity contribution in [3.63, 3.8) is 0 Å². The quantitative estimate of drug-likeness (QED) is 0.598. The van der Waals surface area contributed by atoms with Gasteiger partial charge in [-0.3, -0.25) is 9.69 Å². The minimum atomic E-state index is -0.279. The van der Waals surface area contributed by atoms with Crippen LogP contribution in [-0.4, -0.2) is 35.3 Å². The molecule has 1 rings (SSSR count). The molecule has 13 heavy (non-hydrogen) atoms. The van der Waals surface area contributed by atoms with Crippen LogP contribution in [0.2, 0.25) is 0 Å². The number of hydrogen-bond acceptors (Lipinski definition) is 2. The number of urea groups is 1. The number of alkyl halides is 1. The Morgan fingerprint density at radius 3 is 2.54 bits per heavy atom. The van der Waals surface area contributed by atoms with Crippen LogP contribution in [0.4, 0.5) is 4.79 Å². The molecule has 1 aliphatic rings. The van der Waals surface area contributed by atoms with Crippen LogP contribution in [0.5, 0.6) is 0 Å². The lowest BCUT2D eigenvalue weighted by Crippen LogP contribution is -2.39. The summed E-state index contributed by atoms with van der Waals surface area (Å²) < 4.78 is 0. The molecule has 0 unspecified atom stereocenters. The Kier molecular flexibility index (Phi) is 2.95. The minimum absolute atomic E-state index is 0.0721. The van der Waals surface area contributed by atoms with E-state index in [1.165, 1.54) is 4.90 Å². The van der Waals surface area contributed by atoms with E-state index in [9.17, 15) is 9.59 Å². The lowest BCUT2D eigenvalue weighted by Gasteiger charge is -2.26. The highest BCUT2D eigenvalue weighted by molar-refractivity contribution is 9.09. The number of carbonyl (C=O) groups excluding carboxylic acids is 2. The molecule has 0 bridgehead atoms. The summed E-state index contributed by atoms with van der Waals surface area (Å²) in [5, 5.41) is 3.25. The molecule has 1 N–H and O–H groups in total. The zero-order valence-corrected chi connectivity index (χ0v) is 9.35. The van der Waals surface area contributed by atoms with Gasteiger partial charge < -0.3 is 5.32 Å². The van der Waals surface area contributed by atoms with Crippen molar-refractivity contribution in [2.24, 2.45) is 5.41 Å². The van der Waals surface area contributed by atoms with Crippen LogP contribution in [0.1, 0.15) is 13.8 Å². The number of amides is 3. The first-order valence-electron chi connectivity index (χ1n) is 4.10. The van der Waals surface area contributed by atoms with Crippen LogP contribution in [0.25, 0.3) is 0 Å². The molecule has 4 nitrogen and oxygen atoms in total. The van der Waals surface area contributed by atoms with Crippen molar-refractivity contribution in [2.75, 3.05) is 18.4 Å². The van der Waals surface area contributed by atoms with E-state index in [0.29, 0.717) is 6.54 Å². The van der Waals surface area contributed by atoms with Gasteiger partial charge in [0.25, 0.3) is 0 Å². The average Bonchev–Trinajstić information content (AvgIpc) is 2.36. The standard InChI is InChI=1S/C8H13BrN2O2/c1-8(2,4-9)5-11-6(12)3-10-7(11)13/h3-5H2,1-2H3,(H,10,13). The Morgan fingerprint density at radius 1 is 1.54 bits per heavy atom. The summed E-state index contributed by atoms with van der Waals surface area (Å²) in [6, 6.07) is -0.279. The Labute approximate surface area is 85.8 Å². The second-order valence-corrected chi connectivity index (χ2v) is 4.50. The Morgan fingerprint density at radius 2 is 2.15 bits per heavy atom. The number of nitrogens with zero attached hydrogens (tertiary/aromatic N) is 1. The number of carbonyl (C=O) groups is 2. The van der Waals surface area contributed by atoms with Crippen LogP contribution in [0.3, 0.4) is 0 Å². The predicted molar refractivity (Wildman–Crippen MR) is 52.7 cm³/mol. The van der Waals surface area contributed by atoms with Gasteiger partial charge in [-0.15, -0.1) is 0 Å². The summed E-state index contributed by atoms with van der Waals surface area (Å²) in [7, 11) is 0. The first-order valence-corrected chi connectivity index (χ1v) is 5.22. The SMILES string of the molecule is CC(C)(CBr)CN1C(=O)CNC1=O. The van der Waals surface area contributed by atoms with E-state index in [1.807, 2.05) is 13.8 Å². The molecule has 5 heteroatoms. The predicted octanol–water partition coefficient (Wildman–Crippen LogP) is 0.959. The van der Waals surface area contributed by atoms with Crippen LogP contribution >= 0.6 is 15.9 Å². The van der Waals surface area contributed by atoms with E-state index in [4.69, 9.17) is 0 Å². The summed E-state index contributed by atoms with van der Waals surface area (Å²) in [4.78, 5) is 23.6. The molecule has 1 saturated heterocycles. The van der Waals surface area contributed by atoms with E-state index < -0.39 is 0 Å². The van der Waals surface area contributed by atoms with Gasteiger partial charge in [0.2, 0.25) is 5.91 Å². The molecule has 0 aromatic heterocycles. The first-order chi connectivity index (χ1) is 5.96. The molecule has 0 aromatic rings. The summed E-state index contributed by atoms with van der Waals surface area (Å²) in [6.07, 6.45) is 0. The number of imide groups is 1. The van der Waals surface area contributed by atoms with Gasteiger partial charge in [0.1, 0.15) is 0 Å². The third-order valence-electron chi connectivity index (χ3n) is 1.88. The monoisotopic (exact) mass is 248 g/mol. The lowest BCUT2D eigenvalue weighted by molar-refractivity contribution is -0.125. The highest BCUT2D eigenvalue weighted by atomic mass is 79.9. The van der Waals surface area contributed by atoms with Crippen LogP contribution in [-0.2, 0) is 4.79 Å². The van der Waals surface area contributed by atoms with Crippen LogP contribution in [0, 0.1) is 5.41 Å². The van der Waals surface area contributed by atoms with Crippen molar-refractivity contribution in [3.8, 4) is 0 Å². The van der Waals surface area contributed by atoms with Crippen molar-refractivity contribution < 1.29 is 9.59 Å². The molecule has 0 atom stereocenters. The van der Waals surface area contributed by atoms with Gasteiger partial charge in [0, 0.05) is 11.9 Å². The normalized spacial score (nSPS) is 17.9. The van der Waals surface area contributed by atoms with Gasteiger partial charge in [0.05, 0.1) is 6.54 Å². The third kappa shape index (κ3) is 2.43. The molecule has 1 fully saturated rings. The average molecular weight is 249 g/mol. The highest BCUT2D eigenvalue weighted by Crippen LogP contribution is 2.20.